The summed E-state index contributed by atoms with van der Waals surface area (Å²) in [6.45, 7) is 3.76. The molecule has 10 nitrogen and oxygen atoms in total. The summed E-state index contributed by atoms with van der Waals surface area (Å²) in [4.78, 5) is 4.78. The summed E-state index contributed by atoms with van der Waals surface area (Å²) in [6.07, 6.45) is 5.32. The summed E-state index contributed by atoms with van der Waals surface area (Å²) in [5.74, 6) is -0.0434. The number of rotatable bonds is 4. The fourth-order valence-electron chi connectivity index (χ4n) is 7.53. The number of hydrogen-bond donors (Lipinski definition) is 8. The minimum Gasteiger partial charge on any atom is -0.504 e. The van der Waals surface area contributed by atoms with Crippen molar-refractivity contribution in [2.24, 2.45) is 11.5 Å². The van der Waals surface area contributed by atoms with Crippen molar-refractivity contribution in [3.05, 3.63) is 94.0 Å². The second-order valence-corrected chi connectivity index (χ2v) is 13.3. The number of hydrogen-bond acceptors (Lipinski definition) is 10. The van der Waals surface area contributed by atoms with Crippen LogP contribution in [0, 0.1) is 0 Å². The van der Waals surface area contributed by atoms with E-state index >= 15 is 0 Å². The summed E-state index contributed by atoms with van der Waals surface area (Å²) < 4.78 is 0. The number of nitrogens with zero attached hydrogens (tertiary/aromatic N) is 2. The van der Waals surface area contributed by atoms with Crippen molar-refractivity contribution in [1.29, 1.82) is 0 Å². The highest BCUT2D eigenvalue weighted by Gasteiger charge is 2.35. The number of phenolic OH excluding ortho intramolecular Hbond substituents is 4. The van der Waals surface area contributed by atoms with Crippen LogP contribution in [0.3, 0.4) is 0 Å². The van der Waals surface area contributed by atoms with Gasteiger partial charge in [-0.15, -0.1) is 24.8 Å². The first-order valence-electron chi connectivity index (χ1n) is 17.5. The molecule has 0 radical (unpaired) electrons. The van der Waals surface area contributed by atoms with Crippen molar-refractivity contribution in [2.45, 2.75) is 50.6 Å². The Kier molecular flexibility index (Phi) is 16.0. The highest BCUT2D eigenvalue weighted by atomic mass is 35.5. The molecule has 0 aromatic heterocycles. The van der Waals surface area contributed by atoms with Crippen LogP contribution in [-0.4, -0.2) is 93.9 Å². The molecule has 0 spiro atoms. The molecule has 4 aromatic carbocycles. The molecular formula is C40H54Cl2N4O6. The van der Waals surface area contributed by atoms with Crippen molar-refractivity contribution >= 4 is 24.8 Å². The third-order valence-corrected chi connectivity index (χ3v) is 10.2. The SMILES string of the molecule is CN1CCc2cccc3c2[C@H]1Cc1ccc(O)c(O)c1-3.CN1CCc2cccc3c2[C@H]1Cc1ccc(O)c(O)c1-3.Cl.Cl.NCCCO.NCCCO. The highest BCUT2D eigenvalue weighted by Crippen LogP contribution is 2.51. The normalized spacial score (nSPS) is 17.3. The molecule has 4 aromatic rings. The van der Waals surface area contributed by atoms with Crippen molar-refractivity contribution < 1.29 is 30.6 Å². The maximum atomic E-state index is 10.3. The lowest BCUT2D eigenvalue weighted by atomic mass is 9.77. The molecule has 2 heterocycles. The van der Waals surface area contributed by atoms with Gasteiger partial charge in [-0.1, -0.05) is 48.5 Å². The highest BCUT2D eigenvalue weighted by molar-refractivity contribution is 5.86. The number of aliphatic hydroxyl groups excluding tert-OH is 2. The molecule has 2 atom stereocenters. The first-order chi connectivity index (χ1) is 24.2. The topological polar surface area (TPSA) is 180 Å². The Hall–Kier alpha value is -3.58. The van der Waals surface area contributed by atoms with Gasteiger partial charge in [-0.05, 0) is 122 Å². The van der Waals surface area contributed by atoms with Crippen molar-refractivity contribution in [3.8, 4) is 45.3 Å². The Labute approximate surface area is 319 Å². The summed E-state index contributed by atoms with van der Waals surface area (Å²) in [5.41, 5.74) is 21.4. The molecular weight excluding hydrogens is 703 g/mol. The Morgan fingerprint density at radius 1 is 0.577 bits per heavy atom. The van der Waals surface area contributed by atoms with Gasteiger partial charge in [0.2, 0.25) is 0 Å². The molecule has 52 heavy (non-hydrogen) atoms. The van der Waals surface area contributed by atoms with E-state index in [2.05, 4.69) is 60.3 Å². The quantitative estimate of drug-likeness (QED) is 0.129. The van der Waals surface area contributed by atoms with Crippen LogP contribution in [-0.2, 0) is 25.7 Å². The number of aromatic hydroxyl groups is 4. The van der Waals surface area contributed by atoms with Crippen LogP contribution in [0.25, 0.3) is 22.3 Å². The predicted molar refractivity (Wildman–Crippen MR) is 212 cm³/mol. The third-order valence-electron chi connectivity index (χ3n) is 10.2. The van der Waals surface area contributed by atoms with Gasteiger partial charge in [0.25, 0.3) is 0 Å². The van der Waals surface area contributed by atoms with Gasteiger partial charge >= 0.3 is 0 Å². The van der Waals surface area contributed by atoms with Gasteiger partial charge < -0.3 is 42.1 Å². The largest absolute Gasteiger partial charge is 0.504 e. The Morgan fingerprint density at radius 2 is 0.962 bits per heavy atom. The summed E-state index contributed by atoms with van der Waals surface area (Å²) in [5, 5.41) is 56.1. The van der Waals surface area contributed by atoms with Crippen LogP contribution in [0.5, 0.6) is 23.0 Å². The molecule has 4 aliphatic rings. The van der Waals surface area contributed by atoms with E-state index in [9.17, 15) is 20.4 Å². The molecule has 0 bridgehead atoms. The minimum absolute atomic E-state index is 0. The third kappa shape index (κ3) is 8.78. The maximum absolute atomic E-state index is 10.3. The van der Waals surface area contributed by atoms with Crippen LogP contribution in [0.15, 0.2) is 60.7 Å². The fourth-order valence-corrected chi connectivity index (χ4v) is 7.53. The minimum atomic E-state index is -0.0380. The van der Waals surface area contributed by atoms with Crippen molar-refractivity contribution in [1.82, 2.24) is 9.80 Å². The van der Waals surface area contributed by atoms with E-state index in [1.807, 2.05) is 12.1 Å². The van der Waals surface area contributed by atoms with Crippen LogP contribution in [0.2, 0.25) is 0 Å². The average Bonchev–Trinajstić information content (AvgIpc) is 3.12. The van der Waals surface area contributed by atoms with Gasteiger partial charge in [-0.3, -0.25) is 9.80 Å². The second-order valence-electron chi connectivity index (χ2n) is 13.3. The van der Waals surface area contributed by atoms with Gasteiger partial charge in [-0.2, -0.15) is 0 Å². The number of fused-ring (bicyclic) bond motifs is 4. The monoisotopic (exact) mass is 756 g/mol. The maximum Gasteiger partial charge on any atom is 0.165 e. The van der Waals surface area contributed by atoms with Crippen molar-refractivity contribution in [3.63, 3.8) is 0 Å². The first kappa shape index (κ1) is 42.8. The van der Waals surface area contributed by atoms with Crippen LogP contribution >= 0.6 is 24.8 Å². The second kappa shape index (κ2) is 19.5. The lowest BCUT2D eigenvalue weighted by molar-refractivity contribution is 0.228. The fraction of sp³-hybridized carbons (Fsp3) is 0.400. The van der Waals surface area contributed by atoms with E-state index in [0.29, 0.717) is 25.2 Å². The summed E-state index contributed by atoms with van der Waals surface area (Å²) in [7, 11) is 4.32. The predicted octanol–water partition coefficient (Wildman–Crippen LogP) is 5.20. The van der Waals surface area contributed by atoms with Gasteiger partial charge in [0, 0.05) is 49.5 Å². The van der Waals surface area contributed by atoms with Crippen LogP contribution < -0.4 is 11.5 Å². The average molecular weight is 758 g/mol. The zero-order chi connectivity index (χ0) is 35.9. The zero-order valence-corrected chi connectivity index (χ0v) is 31.6. The van der Waals surface area contributed by atoms with Crippen LogP contribution in [0.4, 0.5) is 0 Å². The lowest BCUT2D eigenvalue weighted by Gasteiger charge is -2.39. The Morgan fingerprint density at radius 3 is 1.29 bits per heavy atom. The van der Waals surface area contributed by atoms with E-state index in [4.69, 9.17) is 21.7 Å². The van der Waals surface area contributed by atoms with E-state index in [1.54, 1.807) is 12.1 Å². The molecule has 0 unspecified atom stereocenters. The molecule has 12 heteroatoms. The van der Waals surface area contributed by atoms with E-state index in [1.165, 1.54) is 22.3 Å². The molecule has 8 rings (SSSR count). The zero-order valence-electron chi connectivity index (χ0n) is 30.0. The molecule has 0 saturated carbocycles. The molecule has 10 N–H and O–H groups in total. The Balaban J connectivity index is 0.000000217. The van der Waals surface area contributed by atoms with E-state index < -0.39 is 0 Å². The van der Waals surface area contributed by atoms with Gasteiger partial charge in [-0.25, -0.2) is 0 Å². The number of aliphatic hydroxyl groups is 2. The summed E-state index contributed by atoms with van der Waals surface area (Å²) in [6, 6.07) is 20.4. The molecule has 2 aliphatic carbocycles. The summed E-state index contributed by atoms with van der Waals surface area (Å²) >= 11 is 0. The van der Waals surface area contributed by atoms with E-state index in [0.717, 1.165) is 85.0 Å². The molecule has 0 fully saturated rings. The number of halogens is 2. The standard InChI is InChI=1S/2C17H17NO2.2C3H9NO.2ClH/c2*1-18-8-7-10-3-2-4-12-15(10)13(18)9-11-5-6-14(19)17(20)16(11)12;2*4-2-1-3-5;;/h2*2-6,13,19-20H,7-9H2,1H3;2*5H,1-4H2;2*1H/t2*13-;;;;/m11..../s1. The molecule has 2 aliphatic heterocycles. The van der Waals surface area contributed by atoms with Gasteiger partial charge in [0.1, 0.15) is 0 Å². The molecule has 0 amide bonds. The van der Waals surface area contributed by atoms with Crippen LogP contribution in [0.1, 0.15) is 58.3 Å². The molecule has 284 valence electrons. The van der Waals surface area contributed by atoms with Gasteiger partial charge in [0.05, 0.1) is 0 Å². The number of nitrogens with two attached hydrogens (primary N) is 2. The molecule has 0 saturated heterocycles. The van der Waals surface area contributed by atoms with Gasteiger partial charge in [0.15, 0.2) is 23.0 Å². The number of benzene rings is 4. The number of likely N-dealkylation sites (N-methyl/N-ethyl adjacent to an activating group) is 2. The Bertz CT molecular complexity index is 1660. The van der Waals surface area contributed by atoms with E-state index in [-0.39, 0.29) is 61.0 Å². The van der Waals surface area contributed by atoms with Crippen molar-refractivity contribution in [2.75, 3.05) is 53.5 Å². The lowest BCUT2D eigenvalue weighted by Crippen LogP contribution is -2.35. The first-order valence-corrected chi connectivity index (χ1v) is 17.5. The number of phenols is 4. The smallest absolute Gasteiger partial charge is 0.165 e.